The molecule has 0 unspecified atom stereocenters. The van der Waals surface area contributed by atoms with Crippen LogP contribution in [0.15, 0.2) is 18.6 Å². The Labute approximate surface area is 102 Å². The topological polar surface area (TPSA) is 90.9 Å². The SMILES string of the molecule is O=C(O)c1cnc(NCCCc2ncc[nH]2)s1. The first-order valence-electron chi connectivity index (χ1n) is 5.17. The molecule has 0 aromatic carbocycles. The van der Waals surface area contributed by atoms with Gasteiger partial charge in [0.1, 0.15) is 10.7 Å². The van der Waals surface area contributed by atoms with E-state index >= 15 is 0 Å². The van der Waals surface area contributed by atoms with Gasteiger partial charge in [-0.2, -0.15) is 0 Å². The van der Waals surface area contributed by atoms with Crippen molar-refractivity contribution in [2.24, 2.45) is 0 Å². The summed E-state index contributed by atoms with van der Waals surface area (Å²) >= 11 is 1.14. The number of carboxylic acid groups (broad SMARTS) is 1. The van der Waals surface area contributed by atoms with Gasteiger partial charge in [0, 0.05) is 25.4 Å². The summed E-state index contributed by atoms with van der Waals surface area (Å²) < 4.78 is 0. The van der Waals surface area contributed by atoms with E-state index in [0.717, 1.165) is 36.5 Å². The molecule has 90 valence electrons. The molecule has 17 heavy (non-hydrogen) atoms. The molecule has 6 nitrogen and oxygen atoms in total. The van der Waals surface area contributed by atoms with Gasteiger partial charge in [-0.1, -0.05) is 11.3 Å². The standard InChI is InChI=1S/C10H12N4O2S/c15-9(16)7-6-14-10(17-7)13-3-1-2-8-11-4-5-12-8/h4-6H,1-3H2,(H,11,12)(H,13,14)(H,15,16). The summed E-state index contributed by atoms with van der Waals surface area (Å²) in [5.74, 6) is 0.0169. The third-order valence-corrected chi connectivity index (χ3v) is 3.08. The van der Waals surface area contributed by atoms with Crippen molar-refractivity contribution in [2.75, 3.05) is 11.9 Å². The fourth-order valence-corrected chi connectivity index (χ4v) is 2.02. The molecule has 0 aliphatic heterocycles. The number of imidazole rings is 1. The summed E-state index contributed by atoms with van der Waals surface area (Å²) in [5, 5.41) is 12.5. The van der Waals surface area contributed by atoms with E-state index in [1.165, 1.54) is 6.20 Å². The average Bonchev–Trinajstić information content (AvgIpc) is 2.96. The van der Waals surface area contributed by atoms with E-state index in [0.29, 0.717) is 5.13 Å². The van der Waals surface area contributed by atoms with Gasteiger partial charge < -0.3 is 15.4 Å². The van der Waals surface area contributed by atoms with Crippen molar-refractivity contribution < 1.29 is 9.90 Å². The minimum absolute atomic E-state index is 0.249. The fraction of sp³-hybridized carbons (Fsp3) is 0.300. The molecule has 0 bridgehead atoms. The Morgan fingerprint density at radius 3 is 3.06 bits per heavy atom. The normalized spacial score (nSPS) is 10.4. The van der Waals surface area contributed by atoms with Crippen LogP contribution in [0.25, 0.3) is 0 Å². The van der Waals surface area contributed by atoms with E-state index < -0.39 is 5.97 Å². The van der Waals surface area contributed by atoms with E-state index in [1.807, 2.05) is 0 Å². The number of carboxylic acids is 1. The van der Waals surface area contributed by atoms with Gasteiger partial charge in [0.05, 0.1) is 6.20 Å². The lowest BCUT2D eigenvalue weighted by atomic mass is 10.3. The van der Waals surface area contributed by atoms with E-state index in [4.69, 9.17) is 5.11 Å². The number of H-pyrrole nitrogens is 1. The molecule has 2 aromatic heterocycles. The molecule has 0 aliphatic carbocycles. The van der Waals surface area contributed by atoms with Gasteiger partial charge in [0.25, 0.3) is 0 Å². The molecule has 0 saturated heterocycles. The highest BCUT2D eigenvalue weighted by Gasteiger charge is 2.07. The lowest BCUT2D eigenvalue weighted by molar-refractivity contribution is 0.0702. The molecular formula is C10H12N4O2S. The van der Waals surface area contributed by atoms with Crippen LogP contribution in [0.5, 0.6) is 0 Å². The molecule has 2 rings (SSSR count). The number of aromatic nitrogens is 3. The van der Waals surface area contributed by atoms with Gasteiger partial charge in [0.15, 0.2) is 5.13 Å². The molecule has 0 aliphatic rings. The first kappa shape index (κ1) is 11.6. The third-order valence-electron chi connectivity index (χ3n) is 2.14. The van der Waals surface area contributed by atoms with E-state index in [9.17, 15) is 4.79 Å². The van der Waals surface area contributed by atoms with Crippen LogP contribution in [0.1, 0.15) is 21.9 Å². The van der Waals surface area contributed by atoms with Crippen molar-refractivity contribution in [3.63, 3.8) is 0 Å². The first-order chi connectivity index (χ1) is 8.25. The van der Waals surface area contributed by atoms with Gasteiger partial charge in [-0.15, -0.1) is 0 Å². The average molecular weight is 252 g/mol. The zero-order valence-corrected chi connectivity index (χ0v) is 9.83. The van der Waals surface area contributed by atoms with Crippen molar-refractivity contribution >= 4 is 22.4 Å². The number of nitrogens with zero attached hydrogens (tertiary/aromatic N) is 2. The summed E-state index contributed by atoms with van der Waals surface area (Å²) in [6.07, 6.45) is 6.65. The van der Waals surface area contributed by atoms with Crippen molar-refractivity contribution in [1.82, 2.24) is 15.0 Å². The molecule has 0 atom stereocenters. The number of anilines is 1. The van der Waals surface area contributed by atoms with Crippen LogP contribution in [0.3, 0.4) is 0 Å². The predicted octanol–water partition coefficient (Wildman–Crippen LogP) is 1.61. The van der Waals surface area contributed by atoms with Crippen LogP contribution in [0.4, 0.5) is 5.13 Å². The number of rotatable bonds is 6. The van der Waals surface area contributed by atoms with Crippen LogP contribution in [-0.2, 0) is 6.42 Å². The number of aromatic amines is 1. The fourth-order valence-electron chi connectivity index (χ4n) is 1.34. The Morgan fingerprint density at radius 1 is 1.53 bits per heavy atom. The Kier molecular flexibility index (Phi) is 3.71. The Morgan fingerprint density at radius 2 is 2.41 bits per heavy atom. The van der Waals surface area contributed by atoms with Crippen molar-refractivity contribution in [1.29, 1.82) is 0 Å². The first-order valence-corrected chi connectivity index (χ1v) is 5.98. The Balaban J connectivity index is 1.72. The van der Waals surface area contributed by atoms with Crippen LogP contribution >= 0.6 is 11.3 Å². The Hall–Kier alpha value is -1.89. The maximum absolute atomic E-state index is 10.6. The van der Waals surface area contributed by atoms with Crippen molar-refractivity contribution in [2.45, 2.75) is 12.8 Å². The number of thiazole rings is 1. The number of aromatic carboxylic acids is 1. The molecular weight excluding hydrogens is 240 g/mol. The molecule has 0 spiro atoms. The zero-order chi connectivity index (χ0) is 12.1. The third kappa shape index (κ3) is 3.28. The Bertz CT molecular complexity index is 480. The molecule has 2 aromatic rings. The molecule has 0 amide bonds. The quantitative estimate of drug-likeness (QED) is 0.679. The zero-order valence-electron chi connectivity index (χ0n) is 9.01. The van der Waals surface area contributed by atoms with Crippen LogP contribution < -0.4 is 5.32 Å². The van der Waals surface area contributed by atoms with Gasteiger partial charge in [-0.25, -0.2) is 14.8 Å². The highest BCUT2D eigenvalue weighted by atomic mass is 32.1. The van der Waals surface area contributed by atoms with Crippen molar-refractivity contribution in [3.8, 4) is 0 Å². The smallest absolute Gasteiger partial charge is 0.347 e. The van der Waals surface area contributed by atoms with Gasteiger partial charge in [0.2, 0.25) is 0 Å². The largest absolute Gasteiger partial charge is 0.477 e. The highest BCUT2D eigenvalue weighted by molar-refractivity contribution is 7.17. The van der Waals surface area contributed by atoms with Crippen LogP contribution in [0, 0.1) is 0 Å². The molecule has 2 heterocycles. The molecule has 0 fully saturated rings. The monoisotopic (exact) mass is 252 g/mol. The number of hydrogen-bond acceptors (Lipinski definition) is 5. The van der Waals surface area contributed by atoms with Crippen LogP contribution in [-0.4, -0.2) is 32.6 Å². The predicted molar refractivity (Wildman–Crippen MR) is 64.5 cm³/mol. The van der Waals surface area contributed by atoms with Gasteiger partial charge in [-0.05, 0) is 6.42 Å². The highest BCUT2D eigenvalue weighted by Crippen LogP contribution is 2.17. The maximum Gasteiger partial charge on any atom is 0.347 e. The minimum Gasteiger partial charge on any atom is -0.477 e. The summed E-state index contributed by atoms with van der Waals surface area (Å²) in [7, 11) is 0. The number of aryl methyl sites for hydroxylation is 1. The molecule has 3 N–H and O–H groups in total. The molecule has 0 saturated carbocycles. The maximum atomic E-state index is 10.6. The summed E-state index contributed by atoms with van der Waals surface area (Å²) in [5.41, 5.74) is 0. The van der Waals surface area contributed by atoms with E-state index in [1.54, 1.807) is 12.4 Å². The van der Waals surface area contributed by atoms with Gasteiger partial charge in [-0.3, -0.25) is 0 Å². The second kappa shape index (κ2) is 5.44. The van der Waals surface area contributed by atoms with E-state index in [-0.39, 0.29) is 4.88 Å². The second-order valence-corrected chi connectivity index (χ2v) is 4.43. The molecule has 0 radical (unpaired) electrons. The number of nitrogens with one attached hydrogen (secondary N) is 2. The van der Waals surface area contributed by atoms with Crippen molar-refractivity contribution in [3.05, 3.63) is 29.3 Å². The lowest BCUT2D eigenvalue weighted by Gasteiger charge is -2.00. The summed E-state index contributed by atoms with van der Waals surface area (Å²) in [4.78, 5) is 22.0. The number of hydrogen-bond donors (Lipinski definition) is 3. The number of carbonyl (C=O) groups is 1. The molecule has 7 heteroatoms. The second-order valence-electron chi connectivity index (χ2n) is 3.40. The minimum atomic E-state index is -0.939. The van der Waals surface area contributed by atoms with E-state index in [2.05, 4.69) is 20.3 Å². The lowest BCUT2D eigenvalue weighted by Crippen LogP contribution is -2.03. The summed E-state index contributed by atoms with van der Waals surface area (Å²) in [6.45, 7) is 0.743. The summed E-state index contributed by atoms with van der Waals surface area (Å²) in [6, 6.07) is 0. The van der Waals surface area contributed by atoms with Crippen LogP contribution in [0.2, 0.25) is 0 Å². The van der Waals surface area contributed by atoms with Gasteiger partial charge >= 0.3 is 5.97 Å².